The molecule has 0 atom stereocenters. The number of pyridine rings is 1. The lowest BCUT2D eigenvalue weighted by molar-refractivity contribution is -0.274. The summed E-state index contributed by atoms with van der Waals surface area (Å²) in [6, 6.07) is 6.96. The Hall–Kier alpha value is -3.73. The number of rotatable bonds is 5. The van der Waals surface area contributed by atoms with Crippen molar-refractivity contribution in [3.05, 3.63) is 53.9 Å². The summed E-state index contributed by atoms with van der Waals surface area (Å²) in [6.07, 6.45) is -0.459. The quantitative estimate of drug-likeness (QED) is 0.568. The number of piperazine rings is 1. The Morgan fingerprint density at radius 2 is 1.82 bits per heavy atom. The smallest absolute Gasteiger partial charge is 0.406 e. The highest BCUT2D eigenvalue weighted by atomic mass is 19.4. The number of nitrogens with one attached hydrogen (secondary N) is 1. The molecule has 1 saturated heterocycles. The monoisotopic (exact) mass is 472 g/mol. The Bertz CT molecular complexity index is 1210. The molecule has 11 heteroatoms. The van der Waals surface area contributed by atoms with Crippen LogP contribution in [0.25, 0.3) is 17.1 Å². The highest BCUT2D eigenvalue weighted by Gasteiger charge is 2.30. The zero-order valence-corrected chi connectivity index (χ0v) is 18.6. The van der Waals surface area contributed by atoms with Gasteiger partial charge in [-0.05, 0) is 43.8 Å². The van der Waals surface area contributed by atoms with Crippen LogP contribution in [0, 0.1) is 6.92 Å². The maximum absolute atomic E-state index is 12.3. The summed E-state index contributed by atoms with van der Waals surface area (Å²) in [7, 11) is 2.08. The highest BCUT2D eigenvalue weighted by Crippen LogP contribution is 2.24. The van der Waals surface area contributed by atoms with Crippen LogP contribution in [0.15, 0.2) is 42.6 Å². The van der Waals surface area contributed by atoms with Gasteiger partial charge in [-0.15, -0.1) is 13.2 Å². The van der Waals surface area contributed by atoms with Gasteiger partial charge in [0.15, 0.2) is 5.65 Å². The van der Waals surface area contributed by atoms with Gasteiger partial charge in [0.05, 0.1) is 17.6 Å². The maximum Gasteiger partial charge on any atom is 0.573 e. The lowest BCUT2D eigenvalue weighted by atomic mass is 10.2. The average molecular weight is 472 g/mol. The number of halogens is 3. The molecule has 34 heavy (non-hydrogen) atoms. The second kappa shape index (κ2) is 9.64. The Balaban J connectivity index is 1.42. The van der Waals surface area contributed by atoms with E-state index in [1.807, 2.05) is 6.92 Å². The second-order valence-corrected chi connectivity index (χ2v) is 7.93. The number of nitrogens with zero attached hydrogens (tertiary/aromatic N) is 5. The molecule has 1 N–H and O–H groups in total. The van der Waals surface area contributed by atoms with Crippen molar-refractivity contribution < 1.29 is 22.7 Å². The minimum atomic E-state index is -4.75. The molecule has 1 aromatic carbocycles. The summed E-state index contributed by atoms with van der Waals surface area (Å²) < 4.78 is 40.5. The molecule has 0 aliphatic carbocycles. The predicted octanol–water partition coefficient (Wildman–Crippen LogP) is 3.64. The Morgan fingerprint density at radius 3 is 2.50 bits per heavy atom. The van der Waals surface area contributed by atoms with Crippen molar-refractivity contribution in [1.82, 2.24) is 19.9 Å². The fraction of sp³-hybridized carbons (Fsp3) is 0.304. The molecule has 3 aromatic rings. The van der Waals surface area contributed by atoms with Gasteiger partial charge in [-0.25, -0.2) is 9.97 Å². The molecule has 1 amide bonds. The molecule has 0 saturated carbocycles. The molecule has 4 rings (SSSR count). The van der Waals surface area contributed by atoms with Crippen LogP contribution in [0.2, 0.25) is 0 Å². The number of ether oxygens (including phenoxy) is 1. The topological polar surface area (TPSA) is 83.5 Å². The van der Waals surface area contributed by atoms with Crippen molar-refractivity contribution in [2.45, 2.75) is 13.3 Å². The van der Waals surface area contributed by atoms with Crippen molar-refractivity contribution in [1.29, 1.82) is 0 Å². The fourth-order valence-corrected chi connectivity index (χ4v) is 3.50. The average Bonchev–Trinajstić information content (AvgIpc) is 2.78. The van der Waals surface area contributed by atoms with Crippen molar-refractivity contribution in [3.63, 3.8) is 0 Å². The van der Waals surface area contributed by atoms with Gasteiger partial charge in [-0.3, -0.25) is 4.79 Å². The number of amides is 1. The van der Waals surface area contributed by atoms with Crippen molar-refractivity contribution >= 4 is 34.7 Å². The van der Waals surface area contributed by atoms with Crippen molar-refractivity contribution in [3.8, 4) is 5.75 Å². The number of benzene rings is 1. The van der Waals surface area contributed by atoms with E-state index in [0.29, 0.717) is 22.8 Å². The molecule has 1 aliphatic rings. The predicted molar refractivity (Wildman–Crippen MR) is 123 cm³/mol. The molecule has 1 fully saturated rings. The lowest BCUT2D eigenvalue weighted by Crippen LogP contribution is -2.45. The van der Waals surface area contributed by atoms with Crippen LogP contribution >= 0.6 is 0 Å². The number of fused-ring (bicyclic) bond motifs is 1. The first-order valence-corrected chi connectivity index (χ1v) is 10.6. The van der Waals surface area contributed by atoms with Gasteiger partial charge in [-0.2, -0.15) is 4.98 Å². The van der Waals surface area contributed by atoms with Crippen LogP contribution in [0.1, 0.15) is 11.3 Å². The summed E-state index contributed by atoms with van der Waals surface area (Å²) >= 11 is 0. The minimum Gasteiger partial charge on any atom is -0.406 e. The number of carbonyl (C=O) groups excluding carboxylic acids is 1. The number of aryl methyl sites for hydroxylation is 1. The van der Waals surface area contributed by atoms with Crippen LogP contribution in [0.3, 0.4) is 0 Å². The van der Waals surface area contributed by atoms with Gasteiger partial charge in [0.2, 0.25) is 11.9 Å². The van der Waals surface area contributed by atoms with E-state index in [1.165, 1.54) is 42.6 Å². The van der Waals surface area contributed by atoms with Gasteiger partial charge in [0.25, 0.3) is 0 Å². The van der Waals surface area contributed by atoms with Gasteiger partial charge in [0.1, 0.15) is 5.75 Å². The largest absolute Gasteiger partial charge is 0.573 e. The number of anilines is 2. The fourth-order valence-electron chi connectivity index (χ4n) is 3.50. The summed E-state index contributed by atoms with van der Waals surface area (Å²) in [6.45, 7) is 5.46. The van der Waals surface area contributed by atoms with Crippen molar-refractivity contribution in [2.24, 2.45) is 0 Å². The van der Waals surface area contributed by atoms with Gasteiger partial charge in [0, 0.05) is 37.6 Å². The summed E-state index contributed by atoms with van der Waals surface area (Å²) in [5, 5.41) is 3.46. The number of carbonyl (C=O) groups is 1. The highest BCUT2D eigenvalue weighted by molar-refractivity contribution is 6.02. The third-order valence-corrected chi connectivity index (χ3v) is 5.32. The lowest BCUT2D eigenvalue weighted by Gasteiger charge is -2.32. The normalized spacial score (nSPS) is 15.1. The SMILES string of the molecule is Cc1nc(N2CCN(C)CC2)nc2ncc(NC(=O)/C=C/c3ccc(OC(F)(F)F)cc3)cc12. The molecule has 3 heterocycles. The van der Waals surface area contributed by atoms with Gasteiger partial charge in [-0.1, -0.05) is 12.1 Å². The first kappa shape index (κ1) is 23.4. The number of hydrogen-bond acceptors (Lipinski definition) is 7. The van der Waals surface area contributed by atoms with Crippen LogP contribution in [0.5, 0.6) is 5.75 Å². The van der Waals surface area contributed by atoms with E-state index in [0.717, 1.165) is 37.3 Å². The first-order valence-electron chi connectivity index (χ1n) is 10.6. The Labute approximate surface area is 194 Å². The zero-order chi connectivity index (χ0) is 24.3. The van der Waals surface area contributed by atoms with Crippen LogP contribution in [0.4, 0.5) is 24.8 Å². The van der Waals surface area contributed by atoms with E-state index in [-0.39, 0.29) is 5.75 Å². The van der Waals surface area contributed by atoms with E-state index in [2.05, 4.69) is 41.9 Å². The van der Waals surface area contributed by atoms with Crippen molar-refractivity contribution in [2.75, 3.05) is 43.4 Å². The number of hydrogen-bond donors (Lipinski definition) is 1. The van der Waals surface area contributed by atoms with E-state index >= 15 is 0 Å². The number of aromatic nitrogens is 3. The van der Waals surface area contributed by atoms with E-state index in [9.17, 15) is 18.0 Å². The Morgan fingerprint density at radius 1 is 1.12 bits per heavy atom. The van der Waals surface area contributed by atoms with E-state index in [4.69, 9.17) is 0 Å². The first-order chi connectivity index (χ1) is 16.2. The standard InChI is InChI=1S/C23H23F3N6O2/c1-15-19-13-17(14-27-21(19)30-22(28-15)32-11-9-31(2)10-12-32)29-20(33)8-5-16-3-6-18(7-4-16)34-23(24,25)26/h3-8,13-14H,9-12H2,1-2H3,(H,29,33)/b8-5+. The van der Waals surface area contributed by atoms with Gasteiger partial charge >= 0.3 is 6.36 Å². The summed E-state index contributed by atoms with van der Waals surface area (Å²) in [4.78, 5) is 30.3. The molecule has 8 nitrogen and oxygen atoms in total. The van der Waals surface area contributed by atoms with Gasteiger partial charge < -0.3 is 19.9 Å². The maximum atomic E-state index is 12.3. The molecule has 1 aliphatic heterocycles. The molecular weight excluding hydrogens is 449 g/mol. The third-order valence-electron chi connectivity index (χ3n) is 5.32. The summed E-state index contributed by atoms with van der Waals surface area (Å²) in [5.41, 5.74) is 2.34. The summed E-state index contributed by atoms with van der Waals surface area (Å²) in [5.74, 6) is -0.0916. The van der Waals surface area contributed by atoms with Crippen LogP contribution in [-0.4, -0.2) is 65.3 Å². The van der Waals surface area contributed by atoms with Crippen LogP contribution < -0.4 is 15.0 Å². The second-order valence-electron chi connectivity index (χ2n) is 7.93. The van der Waals surface area contributed by atoms with E-state index in [1.54, 1.807) is 6.07 Å². The molecule has 0 spiro atoms. The Kier molecular flexibility index (Phi) is 6.64. The third kappa shape index (κ3) is 5.98. The molecule has 178 valence electrons. The number of alkyl halides is 3. The molecular formula is C23H23F3N6O2. The van der Waals surface area contributed by atoms with E-state index < -0.39 is 12.3 Å². The zero-order valence-electron chi connectivity index (χ0n) is 18.6. The minimum absolute atomic E-state index is 0.329. The molecule has 0 radical (unpaired) electrons. The number of likely N-dealkylation sites (N-methyl/N-ethyl adjacent to an activating group) is 1. The molecule has 0 bridgehead atoms. The molecule has 0 unspecified atom stereocenters. The van der Waals surface area contributed by atoms with Crippen LogP contribution in [-0.2, 0) is 4.79 Å². The molecule has 2 aromatic heterocycles.